The minimum atomic E-state index is -4.21. The van der Waals surface area contributed by atoms with Crippen LogP contribution in [0.25, 0.3) is 0 Å². The van der Waals surface area contributed by atoms with Gasteiger partial charge in [0.05, 0.1) is 11.6 Å². The standard InChI is InChI=1S/C11H11F2N3O2S.ClH/c12-9-5-8(7-14)6-10(13)11(9)19(17,18)16-3-1-15-2-4-16;/h5-6,15H,1-4H2;1H. The number of rotatable bonds is 2. The molecule has 1 saturated heterocycles. The Bertz CT molecular complexity index is 617. The number of nitrogens with zero attached hydrogens (tertiary/aromatic N) is 2. The summed E-state index contributed by atoms with van der Waals surface area (Å²) in [5.74, 6) is -2.48. The van der Waals surface area contributed by atoms with Crippen molar-refractivity contribution in [2.24, 2.45) is 0 Å². The van der Waals surface area contributed by atoms with E-state index < -0.39 is 26.6 Å². The Labute approximate surface area is 121 Å². The van der Waals surface area contributed by atoms with Crippen molar-refractivity contribution >= 4 is 22.4 Å². The normalized spacial score (nSPS) is 16.2. The van der Waals surface area contributed by atoms with Crippen molar-refractivity contribution in [3.63, 3.8) is 0 Å². The Morgan fingerprint density at radius 3 is 2.15 bits per heavy atom. The van der Waals surface area contributed by atoms with Crippen molar-refractivity contribution in [1.29, 1.82) is 5.26 Å². The summed E-state index contributed by atoms with van der Waals surface area (Å²) in [6.45, 7) is 1.17. The van der Waals surface area contributed by atoms with Gasteiger partial charge in [0.2, 0.25) is 10.0 Å². The van der Waals surface area contributed by atoms with Gasteiger partial charge in [-0.15, -0.1) is 12.4 Å². The fourth-order valence-electron chi connectivity index (χ4n) is 1.88. The van der Waals surface area contributed by atoms with Crippen LogP contribution in [0.5, 0.6) is 0 Å². The summed E-state index contributed by atoms with van der Waals surface area (Å²) in [6.07, 6.45) is 0. The quantitative estimate of drug-likeness (QED) is 0.876. The van der Waals surface area contributed by atoms with E-state index >= 15 is 0 Å². The van der Waals surface area contributed by atoms with Crippen LogP contribution < -0.4 is 5.32 Å². The predicted molar refractivity (Wildman–Crippen MR) is 69.9 cm³/mol. The molecule has 1 fully saturated rings. The number of piperazine rings is 1. The van der Waals surface area contributed by atoms with Gasteiger partial charge in [-0.25, -0.2) is 17.2 Å². The molecular formula is C11H12ClF2N3O2S. The van der Waals surface area contributed by atoms with E-state index in [2.05, 4.69) is 5.32 Å². The highest BCUT2D eigenvalue weighted by Crippen LogP contribution is 2.24. The minimum Gasteiger partial charge on any atom is -0.314 e. The maximum Gasteiger partial charge on any atom is 0.249 e. The molecule has 1 N–H and O–H groups in total. The van der Waals surface area contributed by atoms with Gasteiger partial charge in [-0.1, -0.05) is 0 Å². The summed E-state index contributed by atoms with van der Waals surface area (Å²) in [5, 5.41) is 11.5. The summed E-state index contributed by atoms with van der Waals surface area (Å²) in [7, 11) is -4.21. The molecule has 0 spiro atoms. The largest absolute Gasteiger partial charge is 0.314 e. The Morgan fingerprint density at radius 1 is 1.20 bits per heavy atom. The molecule has 0 atom stereocenters. The number of halogens is 3. The number of nitrogens with one attached hydrogen (secondary N) is 1. The third kappa shape index (κ3) is 3.07. The smallest absolute Gasteiger partial charge is 0.249 e. The lowest BCUT2D eigenvalue weighted by molar-refractivity contribution is 0.355. The van der Waals surface area contributed by atoms with Crippen LogP contribution in [-0.2, 0) is 10.0 Å². The molecule has 9 heteroatoms. The average molecular weight is 324 g/mol. The van der Waals surface area contributed by atoms with Crippen LogP contribution in [0.4, 0.5) is 8.78 Å². The molecule has 0 bridgehead atoms. The number of sulfonamides is 1. The van der Waals surface area contributed by atoms with Gasteiger partial charge in [0.1, 0.15) is 11.6 Å². The molecule has 20 heavy (non-hydrogen) atoms. The first kappa shape index (κ1) is 16.8. The Balaban J connectivity index is 0.00000200. The molecule has 0 aliphatic carbocycles. The molecule has 0 radical (unpaired) electrons. The first-order valence-corrected chi connectivity index (χ1v) is 7.01. The maximum absolute atomic E-state index is 13.7. The lowest BCUT2D eigenvalue weighted by Crippen LogP contribution is -2.46. The second-order valence-corrected chi connectivity index (χ2v) is 5.91. The lowest BCUT2D eigenvalue weighted by Gasteiger charge is -2.26. The van der Waals surface area contributed by atoms with Gasteiger partial charge >= 0.3 is 0 Å². The molecule has 1 aliphatic rings. The van der Waals surface area contributed by atoms with Crippen LogP contribution in [-0.4, -0.2) is 38.9 Å². The van der Waals surface area contributed by atoms with Gasteiger partial charge in [0.25, 0.3) is 0 Å². The first-order valence-electron chi connectivity index (χ1n) is 5.57. The molecule has 1 aromatic rings. The van der Waals surface area contributed by atoms with Crippen molar-refractivity contribution in [2.45, 2.75) is 4.90 Å². The third-order valence-corrected chi connectivity index (χ3v) is 4.75. The van der Waals surface area contributed by atoms with Gasteiger partial charge in [-0.05, 0) is 12.1 Å². The summed E-state index contributed by atoms with van der Waals surface area (Å²) in [4.78, 5) is -0.992. The average Bonchev–Trinajstić information content (AvgIpc) is 2.38. The fourth-order valence-corrected chi connectivity index (χ4v) is 3.42. The van der Waals surface area contributed by atoms with E-state index in [1.54, 1.807) is 6.07 Å². The summed E-state index contributed by atoms with van der Waals surface area (Å²) in [5.41, 5.74) is -0.255. The Morgan fingerprint density at radius 2 is 1.70 bits per heavy atom. The molecule has 0 saturated carbocycles. The molecule has 2 rings (SSSR count). The second kappa shape index (κ2) is 6.45. The second-order valence-electron chi connectivity index (χ2n) is 4.03. The zero-order valence-electron chi connectivity index (χ0n) is 10.3. The number of hydrogen-bond donors (Lipinski definition) is 1. The monoisotopic (exact) mass is 323 g/mol. The highest BCUT2D eigenvalue weighted by molar-refractivity contribution is 7.89. The topological polar surface area (TPSA) is 73.2 Å². The molecule has 1 aliphatic heterocycles. The van der Waals surface area contributed by atoms with E-state index in [0.717, 1.165) is 16.4 Å². The SMILES string of the molecule is Cl.N#Cc1cc(F)c(S(=O)(=O)N2CCNCC2)c(F)c1. The van der Waals surface area contributed by atoms with Crippen molar-refractivity contribution in [3.8, 4) is 6.07 Å². The lowest BCUT2D eigenvalue weighted by atomic mass is 10.2. The Hall–Kier alpha value is -1.27. The highest BCUT2D eigenvalue weighted by atomic mass is 35.5. The van der Waals surface area contributed by atoms with Crippen LogP contribution >= 0.6 is 12.4 Å². The molecule has 0 aromatic heterocycles. The summed E-state index contributed by atoms with van der Waals surface area (Å²) in [6, 6.07) is 3.01. The van der Waals surface area contributed by atoms with Crippen LogP contribution in [0.1, 0.15) is 5.56 Å². The van der Waals surface area contributed by atoms with Crippen LogP contribution in [0, 0.1) is 23.0 Å². The van der Waals surface area contributed by atoms with E-state index in [1.165, 1.54) is 0 Å². The van der Waals surface area contributed by atoms with Crippen molar-refractivity contribution in [1.82, 2.24) is 9.62 Å². The van der Waals surface area contributed by atoms with E-state index in [9.17, 15) is 17.2 Å². The van der Waals surface area contributed by atoms with E-state index in [1.807, 2.05) is 0 Å². The van der Waals surface area contributed by atoms with Gasteiger partial charge in [0.15, 0.2) is 4.90 Å². The van der Waals surface area contributed by atoms with Gasteiger partial charge in [0, 0.05) is 26.2 Å². The summed E-state index contributed by atoms with van der Waals surface area (Å²) >= 11 is 0. The van der Waals surface area contributed by atoms with Crippen LogP contribution in [0.2, 0.25) is 0 Å². The molecule has 110 valence electrons. The number of nitriles is 1. The van der Waals surface area contributed by atoms with Crippen LogP contribution in [0.3, 0.4) is 0 Å². The van der Waals surface area contributed by atoms with Crippen LogP contribution in [0.15, 0.2) is 17.0 Å². The van der Waals surface area contributed by atoms with Gasteiger partial charge in [-0.2, -0.15) is 9.57 Å². The van der Waals surface area contributed by atoms with E-state index in [4.69, 9.17) is 5.26 Å². The van der Waals surface area contributed by atoms with Crippen molar-refractivity contribution in [2.75, 3.05) is 26.2 Å². The summed E-state index contributed by atoms with van der Waals surface area (Å²) < 4.78 is 52.8. The first-order chi connectivity index (χ1) is 8.96. The van der Waals surface area contributed by atoms with E-state index in [0.29, 0.717) is 13.1 Å². The minimum absolute atomic E-state index is 0. The Kier molecular flexibility index (Phi) is 5.42. The highest BCUT2D eigenvalue weighted by Gasteiger charge is 2.31. The zero-order valence-corrected chi connectivity index (χ0v) is 11.9. The molecular weight excluding hydrogens is 312 g/mol. The van der Waals surface area contributed by atoms with Crippen molar-refractivity contribution in [3.05, 3.63) is 29.3 Å². The van der Waals surface area contributed by atoms with E-state index in [-0.39, 0.29) is 31.1 Å². The fraction of sp³-hybridized carbons (Fsp3) is 0.364. The number of hydrogen-bond acceptors (Lipinski definition) is 4. The van der Waals surface area contributed by atoms with Gasteiger partial charge in [-0.3, -0.25) is 0 Å². The molecule has 5 nitrogen and oxygen atoms in total. The molecule has 0 amide bonds. The molecule has 1 aromatic carbocycles. The predicted octanol–water partition coefficient (Wildman–Crippen LogP) is 0.852. The maximum atomic E-state index is 13.7. The van der Waals surface area contributed by atoms with Gasteiger partial charge < -0.3 is 5.32 Å². The molecule has 0 unspecified atom stereocenters. The third-order valence-electron chi connectivity index (χ3n) is 2.80. The number of benzene rings is 1. The zero-order chi connectivity index (χ0) is 14.0. The van der Waals surface area contributed by atoms with Crippen molar-refractivity contribution < 1.29 is 17.2 Å². The molecule has 1 heterocycles.